The van der Waals surface area contributed by atoms with Gasteiger partial charge in [0.2, 0.25) is 17.7 Å². The van der Waals surface area contributed by atoms with E-state index in [1.54, 1.807) is 52.8 Å². The molecule has 19 heteroatoms. The fourth-order valence-electron chi connectivity index (χ4n) is 9.51. The number of alkyl carbamates (subject to hydrolysis) is 1. The van der Waals surface area contributed by atoms with Gasteiger partial charge >= 0.3 is 12.3 Å². The largest absolute Gasteiger partial charge is 0.497 e. The van der Waals surface area contributed by atoms with Crippen LogP contribution in [0, 0.1) is 11.8 Å². The van der Waals surface area contributed by atoms with Gasteiger partial charge in [-0.2, -0.15) is 13.2 Å². The number of hydrogen-bond acceptors (Lipinski definition) is 10. The zero-order chi connectivity index (χ0) is 45.8. The fraction of sp³-hybridized carbons (Fsp3) is 0.659. The van der Waals surface area contributed by atoms with E-state index in [2.05, 4.69) is 20.9 Å². The Morgan fingerprint density at radius 3 is 2.46 bits per heavy atom. The fourth-order valence-corrected chi connectivity index (χ4v) is 10.1. The first-order chi connectivity index (χ1) is 29.6. The third kappa shape index (κ3) is 9.79. The Bertz CT molecular complexity index is 2180. The highest BCUT2D eigenvalue weighted by Gasteiger charge is 2.63. The molecular weight excluding hydrogens is 846 g/mol. The zero-order valence-corrected chi connectivity index (χ0v) is 37.6. The Morgan fingerprint density at radius 2 is 1.83 bits per heavy atom. The van der Waals surface area contributed by atoms with E-state index in [0.717, 1.165) is 19.3 Å². The summed E-state index contributed by atoms with van der Waals surface area (Å²) in [5.41, 5.74) is -4.89. The number of methoxy groups -OCH3 is 1. The summed E-state index contributed by atoms with van der Waals surface area (Å²) in [6.45, 7) is 6.29. The molecule has 15 nitrogen and oxygen atoms in total. The average molecular weight is 905 g/mol. The first-order valence-electron chi connectivity index (χ1n) is 21.7. The van der Waals surface area contributed by atoms with Crippen molar-refractivity contribution in [3.63, 3.8) is 0 Å². The second-order valence-corrected chi connectivity index (χ2v) is 20.4. The number of nitrogens with zero attached hydrogens (tertiary/aromatic N) is 3. The van der Waals surface area contributed by atoms with Crippen molar-refractivity contribution in [2.24, 2.45) is 11.8 Å². The van der Waals surface area contributed by atoms with Crippen LogP contribution in [0.3, 0.4) is 0 Å². The van der Waals surface area contributed by atoms with Gasteiger partial charge in [0.05, 0.1) is 24.4 Å². The van der Waals surface area contributed by atoms with Gasteiger partial charge in [-0.3, -0.25) is 14.4 Å². The summed E-state index contributed by atoms with van der Waals surface area (Å²) in [6, 6.07) is 0.691. The number of amides is 4. The van der Waals surface area contributed by atoms with Gasteiger partial charge in [0.1, 0.15) is 34.6 Å². The molecule has 1 aromatic heterocycles. The average Bonchev–Trinajstić information content (AvgIpc) is 4.13. The maximum atomic E-state index is 15.1. The van der Waals surface area contributed by atoms with Crippen molar-refractivity contribution >= 4 is 45.8 Å². The molecule has 63 heavy (non-hydrogen) atoms. The summed E-state index contributed by atoms with van der Waals surface area (Å²) < 4.78 is 85.1. The van der Waals surface area contributed by atoms with Crippen molar-refractivity contribution in [2.75, 3.05) is 27.7 Å². The highest BCUT2D eigenvalue weighted by Crippen LogP contribution is 2.54. The molecule has 4 N–H and O–H groups in total. The molecule has 4 amide bonds. The predicted molar refractivity (Wildman–Crippen MR) is 227 cm³/mol. The van der Waals surface area contributed by atoms with Gasteiger partial charge in [-0.1, -0.05) is 25.0 Å². The number of nitrogens with one attached hydrogen (secondary N) is 3. The standard InChI is InChI=1S/C44H59F3N6O9S/c1-24(63(58)59)34(25-15-16-25)50-39(56)43-20-26(43)13-11-9-8-10-12-14-30(49-40(57)62-41(2,3)4)38(55)53-23-42(22-32(53)37(54)51-43)21-31(52(5)6)33-28-19-27(60-7)17-18-29(28)48-36(35(33)61-42)44(45,46)47/h11,13,17-19,24-26,30-32,34H,8-10,12,14-16,20-23H2,1-7H3,(H,49,57)(H,50,56)(H,51,54)(H,58,59). The molecule has 9 unspecified atom stereocenters. The number of halogens is 3. The predicted octanol–water partition coefficient (Wildman–Crippen LogP) is 5.78. The first kappa shape index (κ1) is 46.5. The summed E-state index contributed by atoms with van der Waals surface area (Å²) in [6.07, 6.45) is 2.33. The quantitative estimate of drug-likeness (QED) is 0.186. The van der Waals surface area contributed by atoms with Gasteiger partial charge < -0.3 is 44.5 Å². The van der Waals surface area contributed by atoms with Crippen molar-refractivity contribution in [1.29, 1.82) is 0 Å². The van der Waals surface area contributed by atoms with Crippen LogP contribution in [0.5, 0.6) is 11.5 Å². The van der Waals surface area contributed by atoms with E-state index in [-0.39, 0.29) is 49.2 Å². The highest BCUT2D eigenvalue weighted by molar-refractivity contribution is 7.79. The van der Waals surface area contributed by atoms with E-state index in [4.69, 9.17) is 14.2 Å². The van der Waals surface area contributed by atoms with E-state index in [1.807, 2.05) is 12.2 Å². The summed E-state index contributed by atoms with van der Waals surface area (Å²) >= 11 is -2.23. The van der Waals surface area contributed by atoms with Crippen LogP contribution in [0.1, 0.15) is 109 Å². The van der Waals surface area contributed by atoms with Crippen molar-refractivity contribution in [3.05, 3.63) is 41.6 Å². The zero-order valence-electron chi connectivity index (χ0n) is 36.8. The van der Waals surface area contributed by atoms with Crippen LogP contribution < -0.4 is 25.4 Å². The Kier molecular flexibility index (Phi) is 12.9. The number of ether oxygens (including phenoxy) is 3. The molecule has 7 rings (SSSR count). The molecule has 2 aliphatic carbocycles. The van der Waals surface area contributed by atoms with Crippen LogP contribution in [0.2, 0.25) is 0 Å². The van der Waals surface area contributed by atoms with E-state index in [1.165, 1.54) is 24.1 Å². The second kappa shape index (κ2) is 17.5. The van der Waals surface area contributed by atoms with Gasteiger partial charge in [0, 0.05) is 41.8 Å². The topological polar surface area (TPSA) is 189 Å². The van der Waals surface area contributed by atoms with E-state index in [9.17, 15) is 23.1 Å². The van der Waals surface area contributed by atoms with Gasteiger partial charge in [-0.15, -0.1) is 0 Å². The van der Waals surface area contributed by atoms with Crippen molar-refractivity contribution in [2.45, 2.75) is 144 Å². The number of alkyl halides is 3. The number of rotatable bonds is 8. The molecule has 4 heterocycles. The van der Waals surface area contributed by atoms with E-state index >= 15 is 18.0 Å². The SMILES string of the molecule is COc1ccc2nc(C(F)(F)F)c3c(c2c1)C(N(C)C)CC1(CC2C(=O)NC4(C(=O)NC(C5CC5)C(C)S(=O)O)CC4C=CCCCCCC(NC(=O)OC(C)(C)C)C(=O)N2C1)O3. The molecular formula is C44H59F3N6O9S. The van der Waals surface area contributed by atoms with Gasteiger partial charge in [0.25, 0.3) is 0 Å². The Labute approximate surface area is 367 Å². The van der Waals surface area contributed by atoms with E-state index in [0.29, 0.717) is 30.4 Å². The summed E-state index contributed by atoms with van der Waals surface area (Å²) in [7, 11) is 4.90. The van der Waals surface area contributed by atoms with Gasteiger partial charge in [-0.05, 0) is 104 Å². The van der Waals surface area contributed by atoms with Crippen LogP contribution in [0.4, 0.5) is 18.0 Å². The number of allylic oxidation sites excluding steroid dienone is 1. The number of fused-ring (bicyclic) bond motifs is 5. The van der Waals surface area contributed by atoms with Gasteiger partial charge in [-0.25, -0.2) is 14.0 Å². The molecule has 3 aliphatic heterocycles. The number of carbonyl (C=O) groups excluding carboxylic acids is 4. The minimum atomic E-state index is -4.96. The molecule has 2 aromatic rings. The summed E-state index contributed by atoms with van der Waals surface area (Å²) in [5.74, 6) is -2.48. The summed E-state index contributed by atoms with van der Waals surface area (Å²) in [4.78, 5) is 64.8. The number of aromatic nitrogens is 1. The lowest BCUT2D eigenvalue weighted by molar-refractivity contribution is -0.145. The third-order valence-electron chi connectivity index (χ3n) is 13.0. The van der Waals surface area contributed by atoms with Crippen LogP contribution in [0.25, 0.3) is 10.9 Å². The molecule has 5 aliphatic rings. The monoisotopic (exact) mass is 904 g/mol. The van der Waals surface area contributed by atoms with E-state index < -0.39 is 105 Å². The maximum Gasteiger partial charge on any atom is 0.437 e. The van der Waals surface area contributed by atoms with Crippen molar-refractivity contribution < 1.29 is 55.3 Å². The van der Waals surface area contributed by atoms with Crippen LogP contribution in [0.15, 0.2) is 30.4 Å². The third-order valence-corrected chi connectivity index (χ3v) is 13.9. The van der Waals surface area contributed by atoms with Crippen molar-refractivity contribution in [3.8, 4) is 11.5 Å². The minimum absolute atomic E-state index is 0.00961. The minimum Gasteiger partial charge on any atom is -0.497 e. The van der Waals surface area contributed by atoms with Gasteiger partial charge in [0.15, 0.2) is 22.5 Å². The molecule has 0 bridgehead atoms. The Morgan fingerprint density at radius 1 is 1.10 bits per heavy atom. The number of hydrogen-bond donors (Lipinski definition) is 4. The lowest BCUT2D eigenvalue weighted by atomic mass is 9.83. The molecule has 0 radical (unpaired) electrons. The van der Waals surface area contributed by atoms with Crippen LogP contribution in [-0.2, 0) is 36.4 Å². The number of benzene rings is 1. The molecule has 3 fully saturated rings. The summed E-state index contributed by atoms with van der Waals surface area (Å²) in [5, 5.41) is 8.28. The smallest absolute Gasteiger partial charge is 0.437 e. The molecule has 346 valence electrons. The normalized spacial score (nSPS) is 29.2. The first-order valence-corrected chi connectivity index (χ1v) is 22.9. The highest BCUT2D eigenvalue weighted by atomic mass is 32.2. The molecule has 1 spiro atoms. The molecule has 1 saturated heterocycles. The number of carbonyl (C=O) groups is 4. The second-order valence-electron chi connectivity index (χ2n) is 19.1. The molecule has 2 saturated carbocycles. The Hall–Kier alpha value is -4.49. The Balaban J connectivity index is 1.31. The van der Waals surface area contributed by atoms with Crippen LogP contribution in [-0.4, -0.2) is 115 Å². The lowest BCUT2D eigenvalue weighted by Crippen LogP contribution is -2.59. The maximum absolute atomic E-state index is 15.1. The van der Waals surface area contributed by atoms with Crippen molar-refractivity contribution in [1.82, 2.24) is 30.7 Å². The van der Waals surface area contributed by atoms with Crippen LogP contribution >= 0.6 is 0 Å². The molecule has 9 atom stereocenters. The number of pyridine rings is 1. The molecule has 1 aromatic carbocycles. The lowest BCUT2D eigenvalue weighted by Gasteiger charge is -2.43.